The molecule has 1 heterocycles. The third kappa shape index (κ3) is 6.78. The zero-order chi connectivity index (χ0) is 24.6. The van der Waals surface area contributed by atoms with Crippen LogP contribution in [0, 0.1) is 0 Å². The maximum atomic E-state index is 12.9. The molecule has 0 saturated heterocycles. The van der Waals surface area contributed by atoms with Gasteiger partial charge in [-0.3, -0.25) is 8.98 Å². The minimum Gasteiger partial charge on any atom is -0.420 e. The molecular weight excluding hydrogens is 546 g/mol. The van der Waals surface area contributed by atoms with Crippen molar-refractivity contribution in [2.24, 2.45) is 0 Å². The zero-order valence-electron chi connectivity index (χ0n) is 17.9. The number of rotatable bonds is 8. The second-order valence-electron chi connectivity index (χ2n) is 7.85. The molecule has 1 N–H and O–H groups in total. The molecule has 2 aromatic rings. The van der Waals surface area contributed by atoms with Crippen molar-refractivity contribution in [3.05, 3.63) is 52.0 Å². The van der Waals surface area contributed by atoms with Gasteiger partial charge in [0.05, 0.1) is 18.6 Å². The molecular formula is C21H22BrClF2N2O5S. The van der Waals surface area contributed by atoms with E-state index in [1.165, 1.54) is 24.3 Å². The predicted molar refractivity (Wildman–Crippen MR) is 126 cm³/mol. The Kier molecular flexibility index (Phi) is 7.57. The molecule has 12 heteroatoms. The van der Waals surface area contributed by atoms with Crippen LogP contribution < -0.4 is 15.0 Å². The number of halogens is 4. The van der Waals surface area contributed by atoms with Crippen molar-refractivity contribution in [2.75, 3.05) is 29.6 Å². The van der Waals surface area contributed by atoms with Crippen LogP contribution >= 0.6 is 27.5 Å². The Labute approximate surface area is 204 Å². The largest absolute Gasteiger partial charge is 0.487 e. The molecule has 1 aliphatic heterocycles. The summed E-state index contributed by atoms with van der Waals surface area (Å²) in [5, 5.41) is 2.70. The molecule has 0 aromatic heterocycles. The average molecular weight is 568 g/mol. The highest BCUT2D eigenvalue weighted by Crippen LogP contribution is 2.43. The fourth-order valence-electron chi connectivity index (χ4n) is 3.55. The van der Waals surface area contributed by atoms with Gasteiger partial charge in [-0.25, -0.2) is 0 Å². The van der Waals surface area contributed by atoms with E-state index in [1.807, 2.05) is 13.8 Å². The fraction of sp³-hybridized carbons (Fsp3) is 0.381. The number of fused-ring (bicyclic) bond motifs is 1. The third-order valence-corrected chi connectivity index (χ3v) is 6.20. The number of carbonyl (C=O) groups is 1. The Morgan fingerprint density at radius 3 is 2.48 bits per heavy atom. The molecule has 0 aliphatic carbocycles. The van der Waals surface area contributed by atoms with E-state index in [4.69, 9.17) is 15.8 Å². The van der Waals surface area contributed by atoms with E-state index in [-0.39, 0.29) is 24.3 Å². The first-order valence-corrected chi connectivity index (χ1v) is 12.8. The molecule has 33 heavy (non-hydrogen) atoms. The van der Waals surface area contributed by atoms with Gasteiger partial charge >= 0.3 is 5.57 Å². The number of nitrogens with one attached hydrogen (secondary N) is 1. The van der Waals surface area contributed by atoms with E-state index in [2.05, 4.69) is 30.9 Å². The molecule has 3 rings (SSSR count). The van der Waals surface area contributed by atoms with Crippen LogP contribution in [-0.4, -0.2) is 45.3 Å². The second-order valence-corrected chi connectivity index (χ2v) is 10.8. The molecule has 2 aromatic carbocycles. The normalized spacial score (nSPS) is 16.1. The Bertz CT molecular complexity index is 1140. The number of carbonyl (C=O) groups excluding carboxylic acids is 1. The van der Waals surface area contributed by atoms with Gasteiger partial charge in [-0.2, -0.15) is 8.42 Å². The number of hydrogen-bond acceptors (Lipinski definition) is 6. The molecule has 0 bridgehead atoms. The number of benzene rings is 2. The van der Waals surface area contributed by atoms with Crippen molar-refractivity contribution < 1.29 is 30.9 Å². The summed E-state index contributed by atoms with van der Waals surface area (Å²) >= 11 is 8.28. The van der Waals surface area contributed by atoms with Gasteiger partial charge in [0.1, 0.15) is 5.75 Å². The quantitative estimate of drug-likeness (QED) is 0.351. The summed E-state index contributed by atoms with van der Waals surface area (Å²) < 4.78 is 58.4. The van der Waals surface area contributed by atoms with Gasteiger partial charge in [-0.05, 0) is 71.7 Å². The summed E-state index contributed by atoms with van der Waals surface area (Å²) in [7, 11) is -3.62. The number of alkyl halides is 3. The van der Waals surface area contributed by atoms with Gasteiger partial charge in [-0.1, -0.05) is 0 Å². The highest BCUT2D eigenvalue weighted by Gasteiger charge is 2.34. The lowest BCUT2D eigenvalue weighted by Gasteiger charge is -2.25. The first kappa shape index (κ1) is 25.7. The Hall–Kier alpha value is -1.95. The van der Waals surface area contributed by atoms with Crippen molar-refractivity contribution in [2.45, 2.75) is 31.4 Å². The molecule has 0 radical (unpaired) electrons. The zero-order valence-corrected chi connectivity index (χ0v) is 21.1. The lowest BCUT2D eigenvalue weighted by Crippen LogP contribution is -2.30. The lowest BCUT2D eigenvalue weighted by atomic mass is 9.99. The van der Waals surface area contributed by atoms with Crippen LogP contribution in [0.15, 0.2) is 40.9 Å². The summed E-state index contributed by atoms with van der Waals surface area (Å²) in [6.45, 7) is 4.53. The number of ether oxygens (including phenoxy) is 1. The minimum atomic E-state index is -3.83. The van der Waals surface area contributed by atoms with Crippen molar-refractivity contribution >= 4 is 54.9 Å². The van der Waals surface area contributed by atoms with Crippen molar-refractivity contribution in [3.8, 4) is 5.75 Å². The summed E-state index contributed by atoms with van der Waals surface area (Å²) in [6.07, 6.45) is 0.994. The molecule has 180 valence electrons. The van der Waals surface area contributed by atoms with Crippen LogP contribution in [0.3, 0.4) is 0 Å². The molecule has 0 fully saturated rings. The first-order chi connectivity index (χ1) is 15.2. The summed E-state index contributed by atoms with van der Waals surface area (Å²) in [5.41, 5.74) is -1.46. The number of amides is 1. The monoisotopic (exact) mass is 566 g/mol. The van der Waals surface area contributed by atoms with Crippen LogP contribution in [-0.2, 0) is 14.3 Å². The van der Waals surface area contributed by atoms with Crippen LogP contribution in [0.2, 0.25) is 0 Å². The fourth-order valence-corrected chi connectivity index (χ4v) is 4.76. The van der Waals surface area contributed by atoms with Crippen molar-refractivity contribution in [3.63, 3.8) is 0 Å². The highest BCUT2D eigenvalue weighted by atomic mass is 79.9. The topological polar surface area (TPSA) is 84.9 Å². The SMILES string of the molecule is CC(C)N1CC(COS(C)(=O)=O)c2cc(C(=O)Nc3ccc(OC(F)(F)Cl)cc3)cc(Br)c21. The van der Waals surface area contributed by atoms with E-state index < -0.39 is 21.6 Å². The van der Waals surface area contributed by atoms with Crippen LogP contribution in [0.5, 0.6) is 5.75 Å². The Morgan fingerprint density at radius 1 is 1.30 bits per heavy atom. The second kappa shape index (κ2) is 9.73. The van der Waals surface area contributed by atoms with E-state index in [0.29, 0.717) is 22.3 Å². The van der Waals surface area contributed by atoms with Gasteiger partial charge in [0.25, 0.3) is 16.0 Å². The van der Waals surface area contributed by atoms with E-state index in [1.54, 1.807) is 12.1 Å². The minimum absolute atomic E-state index is 0.0424. The molecule has 1 aliphatic rings. The molecule has 0 spiro atoms. The Morgan fingerprint density at radius 2 is 1.94 bits per heavy atom. The van der Waals surface area contributed by atoms with Crippen molar-refractivity contribution in [1.82, 2.24) is 0 Å². The first-order valence-electron chi connectivity index (χ1n) is 9.85. The molecule has 1 atom stereocenters. The third-order valence-electron chi connectivity index (χ3n) is 4.95. The summed E-state index contributed by atoms with van der Waals surface area (Å²) in [5.74, 6) is -0.841. The summed E-state index contributed by atoms with van der Waals surface area (Å²) in [4.78, 5) is 15.0. The van der Waals surface area contributed by atoms with Gasteiger partial charge in [0, 0.05) is 45.8 Å². The standard InChI is InChI=1S/C21H22BrClF2N2O5S/c1-12(2)27-10-14(11-31-33(3,29)30)17-8-13(9-18(22)19(17)27)20(28)26-15-4-6-16(7-5-15)32-21(23,24)25/h4-9,12,14H,10-11H2,1-3H3,(H,26,28). The van der Waals surface area contributed by atoms with E-state index >= 15 is 0 Å². The van der Waals surface area contributed by atoms with Gasteiger partial charge in [0.2, 0.25) is 0 Å². The van der Waals surface area contributed by atoms with Crippen LogP contribution in [0.1, 0.15) is 35.7 Å². The van der Waals surface area contributed by atoms with Gasteiger partial charge < -0.3 is 15.0 Å². The number of anilines is 2. The number of nitrogens with zero attached hydrogens (tertiary/aromatic N) is 1. The highest BCUT2D eigenvalue weighted by molar-refractivity contribution is 9.10. The van der Waals surface area contributed by atoms with E-state index in [0.717, 1.165) is 17.5 Å². The lowest BCUT2D eigenvalue weighted by molar-refractivity contribution is -0.0964. The smallest absolute Gasteiger partial charge is 0.420 e. The maximum absolute atomic E-state index is 12.9. The van der Waals surface area contributed by atoms with Crippen LogP contribution in [0.25, 0.3) is 0 Å². The van der Waals surface area contributed by atoms with Crippen LogP contribution in [0.4, 0.5) is 20.2 Å². The predicted octanol–water partition coefficient (Wildman–Crippen LogP) is 5.16. The maximum Gasteiger partial charge on any atom is 0.487 e. The van der Waals surface area contributed by atoms with E-state index in [9.17, 15) is 22.0 Å². The molecule has 1 unspecified atom stereocenters. The molecule has 7 nitrogen and oxygen atoms in total. The number of hydrogen-bond donors (Lipinski definition) is 1. The molecule has 0 saturated carbocycles. The molecule has 1 amide bonds. The van der Waals surface area contributed by atoms with Gasteiger partial charge in [-0.15, -0.1) is 8.78 Å². The average Bonchev–Trinajstić information content (AvgIpc) is 3.06. The Balaban J connectivity index is 1.84. The van der Waals surface area contributed by atoms with Gasteiger partial charge in [0.15, 0.2) is 0 Å². The summed E-state index contributed by atoms with van der Waals surface area (Å²) in [6, 6.07) is 8.84. The van der Waals surface area contributed by atoms with Crippen molar-refractivity contribution in [1.29, 1.82) is 0 Å².